The molecule has 17 heavy (non-hydrogen) atoms. The number of likely N-dealkylation sites (tertiary alicyclic amines) is 1. The zero-order chi connectivity index (χ0) is 12.0. The predicted octanol–water partition coefficient (Wildman–Crippen LogP) is 2.47. The van der Waals surface area contributed by atoms with Gasteiger partial charge in [0.15, 0.2) is 4.77 Å². The highest BCUT2D eigenvalue weighted by molar-refractivity contribution is 7.71. The van der Waals surface area contributed by atoms with E-state index in [1.54, 1.807) is 0 Å². The largest absolute Gasteiger partial charge is 0.299 e. The monoisotopic (exact) mass is 252 g/mol. The van der Waals surface area contributed by atoms with Gasteiger partial charge in [0.2, 0.25) is 0 Å². The average molecular weight is 252 g/mol. The normalized spacial score (nSPS) is 25.9. The molecule has 0 radical (unpaired) electrons. The van der Waals surface area contributed by atoms with Crippen LogP contribution in [0.1, 0.15) is 50.9 Å². The van der Waals surface area contributed by atoms with Crippen LogP contribution in [0.4, 0.5) is 0 Å². The molecule has 1 saturated carbocycles. The maximum atomic E-state index is 5.38. The van der Waals surface area contributed by atoms with Crippen LogP contribution in [0.3, 0.4) is 0 Å². The molecule has 1 aliphatic heterocycles. The quantitative estimate of drug-likeness (QED) is 0.840. The van der Waals surface area contributed by atoms with Gasteiger partial charge >= 0.3 is 0 Å². The first kappa shape index (κ1) is 11.4. The Kier molecular flexibility index (Phi) is 2.83. The van der Waals surface area contributed by atoms with Crippen molar-refractivity contribution < 1.29 is 0 Å². The van der Waals surface area contributed by atoms with Gasteiger partial charge in [-0.15, -0.1) is 0 Å². The molecule has 1 saturated heterocycles. The predicted molar refractivity (Wildman–Crippen MR) is 69.7 cm³/mol. The van der Waals surface area contributed by atoms with E-state index in [2.05, 4.69) is 33.5 Å². The van der Waals surface area contributed by atoms with Crippen LogP contribution in [-0.2, 0) is 0 Å². The molecule has 2 heterocycles. The summed E-state index contributed by atoms with van der Waals surface area (Å²) in [6.45, 7) is 6.72. The molecule has 1 aliphatic carbocycles. The van der Waals surface area contributed by atoms with Gasteiger partial charge in [0.05, 0.1) is 6.04 Å². The summed E-state index contributed by atoms with van der Waals surface area (Å²) in [4.78, 5) is 2.61. The molecule has 2 aliphatic rings. The smallest absolute Gasteiger partial charge is 0.195 e. The van der Waals surface area contributed by atoms with Crippen LogP contribution in [0.15, 0.2) is 0 Å². The first-order chi connectivity index (χ1) is 8.16. The van der Waals surface area contributed by atoms with E-state index in [-0.39, 0.29) is 0 Å². The third kappa shape index (κ3) is 2.06. The second kappa shape index (κ2) is 4.21. The van der Waals surface area contributed by atoms with Crippen molar-refractivity contribution in [2.24, 2.45) is 0 Å². The number of nitrogens with zero attached hydrogens (tertiary/aromatic N) is 3. The third-order valence-electron chi connectivity index (χ3n) is 3.87. The Morgan fingerprint density at radius 2 is 2.06 bits per heavy atom. The number of hydrogen-bond donors (Lipinski definition) is 1. The molecule has 0 aromatic carbocycles. The standard InChI is InChI=1S/C12H20N4S/c1-8(2)11-13-14-12(17)16(11)10-5-6-15(7-10)9-3-4-9/h8-10H,3-7H2,1-2H3,(H,14,17). The molecule has 5 heteroatoms. The fourth-order valence-corrected chi connectivity index (χ4v) is 3.12. The molecule has 1 unspecified atom stereocenters. The first-order valence-corrected chi connectivity index (χ1v) is 6.98. The zero-order valence-corrected chi connectivity index (χ0v) is 11.3. The van der Waals surface area contributed by atoms with E-state index in [1.165, 1.54) is 25.8 Å². The molecule has 0 bridgehead atoms. The van der Waals surface area contributed by atoms with Gasteiger partial charge in [0, 0.05) is 25.0 Å². The topological polar surface area (TPSA) is 36.9 Å². The van der Waals surface area contributed by atoms with Crippen molar-refractivity contribution in [1.29, 1.82) is 0 Å². The Hall–Kier alpha value is -0.680. The van der Waals surface area contributed by atoms with E-state index in [0.717, 1.165) is 23.2 Å². The summed E-state index contributed by atoms with van der Waals surface area (Å²) < 4.78 is 3.04. The van der Waals surface area contributed by atoms with Gasteiger partial charge in [-0.05, 0) is 31.5 Å². The SMILES string of the molecule is CC(C)c1n[nH]c(=S)n1C1CCN(C2CC2)C1. The summed E-state index contributed by atoms with van der Waals surface area (Å²) in [5, 5.41) is 7.33. The van der Waals surface area contributed by atoms with Gasteiger partial charge in [-0.25, -0.2) is 0 Å². The summed E-state index contributed by atoms with van der Waals surface area (Å²) in [6, 6.07) is 1.39. The fourth-order valence-electron chi connectivity index (χ4n) is 2.83. The lowest BCUT2D eigenvalue weighted by Gasteiger charge is -2.18. The van der Waals surface area contributed by atoms with E-state index in [4.69, 9.17) is 12.2 Å². The van der Waals surface area contributed by atoms with Gasteiger partial charge < -0.3 is 0 Å². The summed E-state index contributed by atoms with van der Waals surface area (Å²) in [5.41, 5.74) is 0. The molecule has 1 N–H and O–H groups in total. The summed E-state index contributed by atoms with van der Waals surface area (Å²) in [5.74, 6) is 1.54. The average Bonchev–Trinajstić information content (AvgIpc) is 2.89. The Morgan fingerprint density at radius 3 is 2.71 bits per heavy atom. The molecule has 4 nitrogen and oxygen atoms in total. The van der Waals surface area contributed by atoms with E-state index in [0.29, 0.717) is 12.0 Å². The molecule has 1 aromatic rings. The van der Waals surface area contributed by atoms with Gasteiger partial charge in [-0.3, -0.25) is 14.6 Å². The van der Waals surface area contributed by atoms with Crippen LogP contribution in [0, 0.1) is 4.77 Å². The van der Waals surface area contributed by atoms with E-state index in [9.17, 15) is 0 Å². The van der Waals surface area contributed by atoms with Crippen LogP contribution >= 0.6 is 12.2 Å². The van der Waals surface area contributed by atoms with Crippen molar-refractivity contribution in [3.8, 4) is 0 Å². The van der Waals surface area contributed by atoms with Crippen LogP contribution in [0.25, 0.3) is 0 Å². The van der Waals surface area contributed by atoms with Crippen molar-refractivity contribution in [3.05, 3.63) is 10.6 Å². The maximum Gasteiger partial charge on any atom is 0.195 e. The van der Waals surface area contributed by atoms with Gasteiger partial charge in [0.25, 0.3) is 0 Å². The number of hydrogen-bond acceptors (Lipinski definition) is 3. The van der Waals surface area contributed by atoms with Crippen molar-refractivity contribution in [3.63, 3.8) is 0 Å². The summed E-state index contributed by atoms with van der Waals surface area (Å²) in [6.07, 6.45) is 3.99. The minimum absolute atomic E-state index is 0.429. The van der Waals surface area contributed by atoms with Crippen LogP contribution in [0.2, 0.25) is 0 Å². The molecule has 2 fully saturated rings. The Labute approximate surface area is 107 Å². The van der Waals surface area contributed by atoms with E-state index in [1.807, 2.05) is 0 Å². The molecular formula is C12H20N4S. The highest BCUT2D eigenvalue weighted by Gasteiger charge is 2.35. The minimum Gasteiger partial charge on any atom is -0.299 e. The zero-order valence-electron chi connectivity index (χ0n) is 10.5. The molecule has 3 rings (SSSR count). The first-order valence-electron chi connectivity index (χ1n) is 6.57. The molecule has 94 valence electrons. The highest BCUT2D eigenvalue weighted by atomic mass is 32.1. The Balaban J connectivity index is 1.84. The molecule has 0 spiro atoms. The number of aromatic amines is 1. The van der Waals surface area contributed by atoms with Crippen molar-refractivity contribution in [2.45, 2.75) is 51.1 Å². The Morgan fingerprint density at radius 1 is 1.29 bits per heavy atom. The van der Waals surface area contributed by atoms with Crippen LogP contribution < -0.4 is 0 Å². The van der Waals surface area contributed by atoms with Gasteiger partial charge in [-0.2, -0.15) is 5.10 Å². The molecule has 0 amide bonds. The lowest BCUT2D eigenvalue weighted by molar-refractivity contribution is 0.311. The summed E-state index contributed by atoms with van der Waals surface area (Å²) in [7, 11) is 0. The second-order valence-corrected chi connectivity index (χ2v) is 5.97. The molecular weight excluding hydrogens is 232 g/mol. The van der Waals surface area contributed by atoms with Crippen molar-refractivity contribution in [1.82, 2.24) is 19.7 Å². The lowest BCUT2D eigenvalue weighted by atomic mass is 10.2. The van der Waals surface area contributed by atoms with Crippen molar-refractivity contribution in [2.75, 3.05) is 13.1 Å². The molecule has 1 atom stereocenters. The highest BCUT2D eigenvalue weighted by Crippen LogP contribution is 2.34. The van der Waals surface area contributed by atoms with Crippen molar-refractivity contribution >= 4 is 12.2 Å². The van der Waals surface area contributed by atoms with Crippen LogP contribution in [0.5, 0.6) is 0 Å². The minimum atomic E-state index is 0.429. The number of nitrogens with one attached hydrogen (secondary N) is 1. The maximum absolute atomic E-state index is 5.38. The van der Waals surface area contributed by atoms with Gasteiger partial charge in [0.1, 0.15) is 5.82 Å². The molecule has 1 aromatic heterocycles. The van der Waals surface area contributed by atoms with E-state index >= 15 is 0 Å². The third-order valence-corrected chi connectivity index (χ3v) is 4.16. The second-order valence-electron chi connectivity index (χ2n) is 5.58. The van der Waals surface area contributed by atoms with Gasteiger partial charge in [-0.1, -0.05) is 13.8 Å². The fraction of sp³-hybridized carbons (Fsp3) is 0.833. The number of rotatable bonds is 3. The van der Waals surface area contributed by atoms with Crippen LogP contribution in [-0.4, -0.2) is 38.8 Å². The number of aromatic nitrogens is 3. The van der Waals surface area contributed by atoms with E-state index < -0.39 is 0 Å². The Bertz CT molecular complexity index is 457. The number of H-pyrrole nitrogens is 1. The lowest BCUT2D eigenvalue weighted by Crippen LogP contribution is -2.24. The summed E-state index contributed by atoms with van der Waals surface area (Å²) >= 11 is 5.38.